The molecule has 3 rings (SSSR count). The van der Waals surface area contributed by atoms with Gasteiger partial charge in [0.15, 0.2) is 0 Å². The Bertz CT molecular complexity index is 752. The van der Waals surface area contributed by atoms with E-state index in [1.807, 2.05) is 18.2 Å². The van der Waals surface area contributed by atoms with Crippen molar-refractivity contribution in [2.45, 2.75) is 6.54 Å². The van der Waals surface area contributed by atoms with Gasteiger partial charge in [-0.2, -0.15) is 0 Å². The van der Waals surface area contributed by atoms with E-state index < -0.39 is 0 Å². The highest BCUT2D eigenvalue weighted by atomic mass is 79.9. The van der Waals surface area contributed by atoms with Crippen LogP contribution in [0.15, 0.2) is 40.9 Å². The summed E-state index contributed by atoms with van der Waals surface area (Å²) in [5, 5.41) is 0. The summed E-state index contributed by atoms with van der Waals surface area (Å²) in [6.45, 7) is 0.405. The number of aromatic nitrogens is 2. The van der Waals surface area contributed by atoms with Gasteiger partial charge in [0.05, 0.1) is 21.1 Å². The molecule has 0 amide bonds. The summed E-state index contributed by atoms with van der Waals surface area (Å²) in [6, 6.07) is 10.9. The third kappa shape index (κ3) is 2.05. The molecule has 3 nitrogen and oxygen atoms in total. The number of H-pyrrole nitrogens is 1. The molecule has 1 heterocycles. The van der Waals surface area contributed by atoms with Gasteiger partial charge in [-0.25, -0.2) is 9.37 Å². The summed E-state index contributed by atoms with van der Waals surface area (Å²) in [6.07, 6.45) is 0. The molecule has 5 heteroatoms. The number of hydrogen-bond acceptors (Lipinski definition) is 2. The molecular weight excluding hydrogens is 309 g/mol. The predicted octanol–water partition coefficient (Wildman–Crippen LogP) is 3.59. The van der Waals surface area contributed by atoms with E-state index in [1.165, 1.54) is 0 Å². The fourth-order valence-electron chi connectivity index (χ4n) is 2.07. The van der Waals surface area contributed by atoms with Crippen molar-refractivity contribution in [2.24, 2.45) is 5.73 Å². The first-order chi connectivity index (χ1) is 9.20. The number of nitrogens with zero attached hydrogens (tertiary/aromatic N) is 1. The molecule has 1 aromatic heterocycles. The summed E-state index contributed by atoms with van der Waals surface area (Å²) in [5.74, 6) is 0.186. The van der Waals surface area contributed by atoms with E-state index in [4.69, 9.17) is 5.73 Å². The maximum atomic E-state index is 14.1. The third-order valence-electron chi connectivity index (χ3n) is 3.02. The molecule has 0 unspecified atom stereocenters. The van der Waals surface area contributed by atoms with E-state index >= 15 is 0 Å². The minimum Gasteiger partial charge on any atom is -0.338 e. The highest BCUT2D eigenvalue weighted by Crippen LogP contribution is 2.28. The van der Waals surface area contributed by atoms with Gasteiger partial charge in [-0.05, 0) is 39.7 Å². The molecule has 0 aliphatic carbocycles. The molecule has 0 aliphatic rings. The second-order valence-corrected chi connectivity index (χ2v) is 5.06. The minimum atomic E-state index is -0.323. The molecule has 0 spiro atoms. The van der Waals surface area contributed by atoms with Crippen LogP contribution in [0.2, 0.25) is 0 Å². The summed E-state index contributed by atoms with van der Waals surface area (Å²) >= 11 is 3.18. The number of imidazole rings is 1. The summed E-state index contributed by atoms with van der Waals surface area (Å²) in [4.78, 5) is 7.59. The van der Waals surface area contributed by atoms with Crippen LogP contribution in [0.3, 0.4) is 0 Å². The number of halogens is 2. The fourth-order valence-corrected chi connectivity index (χ4v) is 2.44. The normalized spacial score (nSPS) is 11.1. The number of aromatic amines is 1. The Balaban J connectivity index is 2.24. The third-order valence-corrected chi connectivity index (χ3v) is 3.64. The number of nitrogens with two attached hydrogens (primary N) is 1. The van der Waals surface area contributed by atoms with Crippen molar-refractivity contribution in [1.82, 2.24) is 9.97 Å². The zero-order valence-corrected chi connectivity index (χ0v) is 11.5. The molecular formula is C14H11BrFN3. The van der Waals surface area contributed by atoms with Gasteiger partial charge in [-0.1, -0.05) is 18.2 Å². The van der Waals surface area contributed by atoms with Gasteiger partial charge >= 0.3 is 0 Å². The second-order valence-electron chi connectivity index (χ2n) is 4.20. The van der Waals surface area contributed by atoms with Gasteiger partial charge in [0.2, 0.25) is 0 Å². The van der Waals surface area contributed by atoms with Crippen molar-refractivity contribution in [1.29, 1.82) is 0 Å². The zero-order valence-electron chi connectivity index (χ0n) is 9.95. The van der Waals surface area contributed by atoms with Crippen LogP contribution in [-0.2, 0) is 6.54 Å². The lowest BCUT2D eigenvalue weighted by atomic mass is 10.2. The van der Waals surface area contributed by atoms with Crippen molar-refractivity contribution in [3.8, 4) is 11.4 Å². The minimum absolute atomic E-state index is 0.323. The van der Waals surface area contributed by atoms with Crippen molar-refractivity contribution in [2.75, 3.05) is 0 Å². The van der Waals surface area contributed by atoms with Gasteiger partial charge in [0.1, 0.15) is 11.6 Å². The van der Waals surface area contributed by atoms with Gasteiger partial charge in [-0.3, -0.25) is 0 Å². The molecule has 0 saturated carbocycles. The Kier molecular flexibility index (Phi) is 3.08. The van der Waals surface area contributed by atoms with Crippen LogP contribution in [0.1, 0.15) is 5.56 Å². The van der Waals surface area contributed by atoms with Crippen molar-refractivity contribution in [3.63, 3.8) is 0 Å². The monoisotopic (exact) mass is 319 g/mol. The SMILES string of the molecule is NCc1cccc2[nH]c(-c3cccc(Br)c3F)nc12. The molecule has 96 valence electrons. The number of fused-ring (bicyclic) bond motifs is 1. The summed E-state index contributed by atoms with van der Waals surface area (Å²) < 4.78 is 14.5. The standard InChI is InChI=1S/C14H11BrFN3/c15-10-5-2-4-9(12(10)16)14-18-11-6-1-3-8(7-17)13(11)19-14/h1-6H,7,17H2,(H,18,19). The Hall–Kier alpha value is -1.72. The summed E-state index contributed by atoms with van der Waals surface area (Å²) in [5.41, 5.74) is 8.71. The Morgan fingerprint density at radius 2 is 2.00 bits per heavy atom. The average molecular weight is 320 g/mol. The van der Waals surface area contributed by atoms with Crippen LogP contribution in [0.5, 0.6) is 0 Å². The molecule has 0 atom stereocenters. The van der Waals surface area contributed by atoms with E-state index in [2.05, 4.69) is 25.9 Å². The first kappa shape index (κ1) is 12.3. The Morgan fingerprint density at radius 1 is 1.21 bits per heavy atom. The quantitative estimate of drug-likeness (QED) is 0.758. The van der Waals surface area contributed by atoms with Crippen LogP contribution < -0.4 is 5.73 Å². The summed E-state index contributed by atoms with van der Waals surface area (Å²) in [7, 11) is 0. The predicted molar refractivity (Wildman–Crippen MR) is 77.1 cm³/mol. The Labute approximate surface area is 117 Å². The fraction of sp³-hybridized carbons (Fsp3) is 0.0714. The molecule has 0 aliphatic heterocycles. The lowest BCUT2D eigenvalue weighted by Crippen LogP contribution is -1.96. The van der Waals surface area contributed by atoms with Crippen LogP contribution in [0, 0.1) is 5.82 Å². The molecule has 0 fully saturated rings. The van der Waals surface area contributed by atoms with Gasteiger partial charge in [0.25, 0.3) is 0 Å². The van der Waals surface area contributed by atoms with Gasteiger partial charge < -0.3 is 10.7 Å². The lowest BCUT2D eigenvalue weighted by molar-refractivity contribution is 0.623. The molecule has 0 bridgehead atoms. The molecule has 2 aromatic carbocycles. The number of benzene rings is 2. The van der Waals surface area contributed by atoms with Crippen LogP contribution >= 0.6 is 15.9 Å². The van der Waals surface area contributed by atoms with Gasteiger partial charge in [0, 0.05) is 6.54 Å². The molecule has 0 radical (unpaired) electrons. The maximum Gasteiger partial charge on any atom is 0.148 e. The van der Waals surface area contributed by atoms with Crippen molar-refractivity contribution < 1.29 is 4.39 Å². The van der Waals surface area contributed by atoms with E-state index in [0.717, 1.165) is 16.6 Å². The van der Waals surface area contributed by atoms with Gasteiger partial charge in [-0.15, -0.1) is 0 Å². The van der Waals surface area contributed by atoms with E-state index in [1.54, 1.807) is 18.2 Å². The first-order valence-electron chi connectivity index (χ1n) is 5.83. The largest absolute Gasteiger partial charge is 0.338 e. The highest BCUT2D eigenvalue weighted by molar-refractivity contribution is 9.10. The van der Waals surface area contributed by atoms with E-state index in [9.17, 15) is 4.39 Å². The van der Waals surface area contributed by atoms with E-state index in [0.29, 0.717) is 22.4 Å². The second kappa shape index (κ2) is 4.75. The number of nitrogens with one attached hydrogen (secondary N) is 1. The van der Waals surface area contributed by atoms with E-state index in [-0.39, 0.29) is 5.82 Å². The molecule has 3 aromatic rings. The lowest BCUT2D eigenvalue weighted by Gasteiger charge is -2.00. The molecule has 0 saturated heterocycles. The van der Waals surface area contributed by atoms with Crippen LogP contribution in [0.4, 0.5) is 4.39 Å². The first-order valence-corrected chi connectivity index (χ1v) is 6.62. The maximum absolute atomic E-state index is 14.1. The van der Waals surface area contributed by atoms with Crippen LogP contribution in [-0.4, -0.2) is 9.97 Å². The smallest absolute Gasteiger partial charge is 0.148 e. The topological polar surface area (TPSA) is 54.7 Å². The van der Waals surface area contributed by atoms with Crippen molar-refractivity contribution >= 4 is 27.0 Å². The average Bonchev–Trinajstić information content (AvgIpc) is 2.85. The van der Waals surface area contributed by atoms with Crippen molar-refractivity contribution in [3.05, 3.63) is 52.3 Å². The highest BCUT2D eigenvalue weighted by Gasteiger charge is 2.13. The molecule has 19 heavy (non-hydrogen) atoms. The Morgan fingerprint density at radius 3 is 2.79 bits per heavy atom. The number of rotatable bonds is 2. The number of hydrogen-bond donors (Lipinski definition) is 2. The van der Waals surface area contributed by atoms with Crippen LogP contribution in [0.25, 0.3) is 22.4 Å². The zero-order chi connectivity index (χ0) is 13.4. The number of para-hydroxylation sites is 1. The molecule has 3 N–H and O–H groups in total.